The number of ether oxygens (including phenoxy) is 1. The normalized spacial score (nSPS) is 23.7. The maximum Gasteiger partial charge on any atom is 0.227 e. The molecule has 1 saturated carbocycles. The molecule has 1 aliphatic carbocycles. The van der Waals surface area contributed by atoms with Gasteiger partial charge in [-0.25, -0.2) is 13.8 Å². The second-order valence-corrected chi connectivity index (χ2v) is 12.3. The SMILES string of the molecule is COC1CCC(n2c([C@@H]3CCCC(=O)N3c3ccc(F)c(F)c3)nc3cc(N(C)C4CCN(C(C)=O)CC4)ccc32)CC1. The van der Waals surface area contributed by atoms with Gasteiger partial charge in [0.15, 0.2) is 11.6 Å². The highest BCUT2D eigenvalue weighted by Gasteiger charge is 2.37. The number of likely N-dealkylation sites (tertiary alicyclic amines) is 1. The number of piperidine rings is 2. The van der Waals surface area contributed by atoms with Gasteiger partial charge in [-0.1, -0.05) is 0 Å². The molecule has 43 heavy (non-hydrogen) atoms. The minimum absolute atomic E-state index is 0.110. The van der Waals surface area contributed by atoms with Gasteiger partial charge in [-0.3, -0.25) is 9.59 Å². The molecular weight excluding hydrogens is 552 g/mol. The molecule has 2 saturated heterocycles. The third kappa shape index (κ3) is 5.73. The molecule has 10 heteroatoms. The number of benzene rings is 2. The number of carbonyl (C=O) groups is 2. The number of carbonyl (C=O) groups excluding carboxylic acids is 2. The molecule has 0 radical (unpaired) electrons. The van der Waals surface area contributed by atoms with E-state index in [1.165, 1.54) is 6.07 Å². The molecule has 0 N–H and O–H groups in total. The molecule has 0 unspecified atom stereocenters. The number of rotatable bonds is 6. The Hall–Kier alpha value is -3.53. The Balaban J connectivity index is 1.39. The van der Waals surface area contributed by atoms with Crippen LogP contribution in [-0.2, 0) is 14.3 Å². The predicted octanol–water partition coefficient (Wildman–Crippen LogP) is 6.15. The second-order valence-electron chi connectivity index (χ2n) is 12.3. The highest BCUT2D eigenvalue weighted by atomic mass is 19.2. The monoisotopic (exact) mass is 593 g/mol. The van der Waals surface area contributed by atoms with Gasteiger partial charge in [-0.15, -0.1) is 0 Å². The van der Waals surface area contributed by atoms with Crippen molar-refractivity contribution in [1.82, 2.24) is 14.5 Å². The number of anilines is 2. The smallest absolute Gasteiger partial charge is 0.227 e. The molecule has 0 bridgehead atoms. The standard InChI is InChI=1S/C33H41F2N5O3/c1-21(41)38-17-15-22(16-18-38)37(2)24-10-14-30-29(20-24)36-33(40(30)23-7-11-26(43-3)12-8-23)31-5-4-6-32(42)39(31)25-9-13-27(34)28(35)19-25/h9-10,13-14,19-20,22-23,26,31H,4-8,11-12,15-18H2,1-3H3/t23?,26?,31-/m0/s1. The summed E-state index contributed by atoms with van der Waals surface area (Å²) in [5.74, 6) is -1.10. The van der Waals surface area contributed by atoms with Crippen LogP contribution in [0.5, 0.6) is 0 Å². The first kappa shape index (κ1) is 29.5. The molecule has 3 aliphatic rings. The summed E-state index contributed by atoms with van der Waals surface area (Å²) in [6.45, 7) is 3.14. The Morgan fingerprint density at radius 3 is 2.40 bits per heavy atom. The van der Waals surface area contributed by atoms with E-state index in [9.17, 15) is 18.4 Å². The van der Waals surface area contributed by atoms with Gasteiger partial charge in [0.2, 0.25) is 11.8 Å². The van der Waals surface area contributed by atoms with Crippen LogP contribution in [0.3, 0.4) is 0 Å². The van der Waals surface area contributed by atoms with Crippen molar-refractivity contribution in [2.24, 2.45) is 0 Å². The van der Waals surface area contributed by atoms with Crippen molar-refractivity contribution in [2.45, 2.75) is 88.9 Å². The molecule has 1 aromatic heterocycles. The van der Waals surface area contributed by atoms with Crippen molar-refractivity contribution >= 4 is 34.2 Å². The van der Waals surface area contributed by atoms with Crippen molar-refractivity contribution in [3.63, 3.8) is 0 Å². The molecule has 0 spiro atoms. The van der Waals surface area contributed by atoms with Gasteiger partial charge in [0.1, 0.15) is 5.82 Å². The lowest BCUT2D eigenvalue weighted by Crippen LogP contribution is -2.45. The van der Waals surface area contributed by atoms with Crippen molar-refractivity contribution in [1.29, 1.82) is 0 Å². The molecule has 2 amide bonds. The zero-order valence-corrected chi connectivity index (χ0v) is 25.3. The van der Waals surface area contributed by atoms with E-state index >= 15 is 0 Å². The zero-order valence-electron chi connectivity index (χ0n) is 25.3. The summed E-state index contributed by atoms with van der Waals surface area (Å²) in [5, 5.41) is 0. The van der Waals surface area contributed by atoms with Gasteiger partial charge in [0, 0.05) is 70.1 Å². The Morgan fingerprint density at radius 2 is 1.72 bits per heavy atom. The fourth-order valence-corrected chi connectivity index (χ4v) is 7.34. The Kier molecular flexibility index (Phi) is 8.40. The predicted molar refractivity (Wildman–Crippen MR) is 162 cm³/mol. The fourth-order valence-electron chi connectivity index (χ4n) is 7.34. The number of nitrogens with zero attached hydrogens (tertiary/aromatic N) is 5. The van der Waals surface area contributed by atoms with E-state index in [1.807, 2.05) is 4.90 Å². The molecule has 230 valence electrons. The van der Waals surface area contributed by atoms with Crippen molar-refractivity contribution < 1.29 is 23.1 Å². The first-order valence-corrected chi connectivity index (χ1v) is 15.5. The summed E-state index contributed by atoms with van der Waals surface area (Å²) in [5.41, 5.74) is 3.29. The zero-order chi connectivity index (χ0) is 30.2. The van der Waals surface area contributed by atoms with Gasteiger partial charge in [-0.2, -0.15) is 0 Å². The number of halogens is 2. The van der Waals surface area contributed by atoms with Gasteiger partial charge >= 0.3 is 0 Å². The first-order chi connectivity index (χ1) is 20.7. The molecule has 3 heterocycles. The van der Waals surface area contributed by atoms with E-state index < -0.39 is 17.7 Å². The highest BCUT2D eigenvalue weighted by Crippen LogP contribution is 2.42. The Bertz CT molecular complexity index is 1490. The van der Waals surface area contributed by atoms with Crippen LogP contribution in [0.1, 0.15) is 82.6 Å². The van der Waals surface area contributed by atoms with E-state index in [0.29, 0.717) is 31.0 Å². The lowest BCUT2D eigenvalue weighted by Gasteiger charge is -2.37. The summed E-state index contributed by atoms with van der Waals surface area (Å²) in [7, 11) is 3.86. The maximum absolute atomic E-state index is 14.4. The summed E-state index contributed by atoms with van der Waals surface area (Å²) in [4.78, 5) is 36.2. The third-order valence-electron chi connectivity index (χ3n) is 9.84. The van der Waals surface area contributed by atoms with Gasteiger partial charge in [0.05, 0.1) is 23.2 Å². The molecule has 3 aromatic rings. The number of amides is 2. The minimum Gasteiger partial charge on any atom is -0.381 e. The number of methoxy groups -OCH3 is 1. The molecule has 3 fully saturated rings. The van der Waals surface area contributed by atoms with Crippen molar-refractivity contribution in [2.75, 3.05) is 37.0 Å². The highest BCUT2D eigenvalue weighted by molar-refractivity contribution is 5.95. The summed E-state index contributed by atoms with van der Waals surface area (Å²) >= 11 is 0. The third-order valence-corrected chi connectivity index (χ3v) is 9.84. The molecule has 8 nitrogen and oxygen atoms in total. The average molecular weight is 594 g/mol. The quantitative estimate of drug-likeness (QED) is 0.343. The van der Waals surface area contributed by atoms with Crippen molar-refractivity contribution in [3.05, 3.63) is 53.9 Å². The number of fused-ring (bicyclic) bond motifs is 1. The van der Waals surface area contributed by atoms with Crippen molar-refractivity contribution in [3.8, 4) is 0 Å². The summed E-state index contributed by atoms with van der Waals surface area (Å²) in [6.07, 6.45) is 7.53. The van der Waals surface area contributed by atoms with E-state index in [0.717, 1.165) is 86.3 Å². The van der Waals surface area contributed by atoms with Crippen LogP contribution >= 0.6 is 0 Å². The fraction of sp³-hybridized carbons (Fsp3) is 0.545. The van der Waals surface area contributed by atoms with E-state index in [4.69, 9.17) is 9.72 Å². The van der Waals surface area contributed by atoms with Crippen LogP contribution in [0.2, 0.25) is 0 Å². The molecule has 1 atom stereocenters. The van der Waals surface area contributed by atoms with E-state index in [1.54, 1.807) is 18.9 Å². The van der Waals surface area contributed by atoms with E-state index in [2.05, 4.69) is 34.7 Å². The lowest BCUT2D eigenvalue weighted by molar-refractivity contribution is -0.129. The van der Waals surface area contributed by atoms with E-state index in [-0.39, 0.29) is 24.0 Å². The Morgan fingerprint density at radius 1 is 0.977 bits per heavy atom. The number of hydrogen-bond acceptors (Lipinski definition) is 5. The van der Waals surface area contributed by atoms with Crippen LogP contribution in [-0.4, -0.2) is 65.7 Å². The largest absolute Gasteiger partial charge is 0.381 e. The maximum atomic E-state index is 14.4. The molecule has 2 aromatic carbocycles. The molecule has 6 rings (SSSR count). The number of imidazole rings is 1. The van der Waals surface area contributed by atoms with Crippen LogP contribution in [0.4, 0.5) is 20.2 Å². The average Bonchev–Trinajstić information content (AvgIpc) is 3.40. The Labute approximate surface area is 251 Å². The summed E-state index contributed by atoms with van der Waals surface area (Å²) < 4.78 is 36.2. The van der Waals surface area contributed by atoms with Crippen LogP contribution in [0.25, 0.3) is 11.0 Å². The summed E-state index contributed by atoms with van der Waals surface area (Å²) in [6, 6.07) is 10.2. The van der Waals surface area contributed by atoms with Gasteiger partial charge in [0.25, 0.3) is 0 Å². The number of hydrogen-bond donors (Lipinski definition) is 0. The van der Waals surface area contributed by atoms with Crippen LogP contribution < -0.4 is 9.80 Å². The first-order valence-electron chi connectivity index (χ1n) is 15.5. The molecule has 2 aliphatic heterocycles. The molecular formula is C33H41F2N5O3. The second kappa shape index (κ2) is 12.2. The van der Waals surface area contributed by atoms with Crippen LogP contribution in [0, 0.1) is 11.6 Å². The van der Waals surface area contributed by atoms with Gasteiger partial charge in [-0.05, 0) is 81.7 Å². The van der Waals surface area contributed by atoms with Crippen LogP contribution in [0.15, 0.2) is 36.4 Å². The van der Waals surface area contributed by atoms with Gasteiger partial charge < -0.3 is 24.0 Å². The minimum atomic E-state index is -0.970. The lowest BCUT2D eigenvalue weighted by atomic mass is 9.92. The number of aromatic nitrogens is 2. The topological polar surface area (TPSA) is 70.9 Å².